The van der Waals surface area contributed by atoms with Crippen LogP contribution in [0.3, 0.4) is 0 Å². The summed E-state index contributed by atoms with van der Waals surface area (Å²) in [5, 5.41) is 12.6. The summed E-state index contributed by atoms with van der Waals surface area (Å²) < 4.78 is 0. The molecule has 3 atom stereocenters. The molecule has 1 aromatic rings. The van der Waals surface area contributed by atoms with Gasteiger partial charge in [-0.3, -0.25) is 9.59 Å². The largest absolute Gasteiger partial charge is 0.481 e. The average molecular weight is 296 g/mol. The second kappa shape index (κ2) is 5.83. The van der Waals surface area contributed by atoms with Crippen LogP contribution in [0.25, 0.3) is 0 Å². The minimum absolute atomic E-state index is 0.230. The van der Waals surface area contributed by atoms with Crippen molar-refractivity contribution in [1.82, 2.24) is 0 Å². The molecule has 1 amide bonds. The predicted molar refractivity (Wildman–Crippen MR) is 77.8 cm³/mol. The lowest BCUT2D eigenvalue weighted by atomic mass is 9.95. The van der Waals surface area contributed by atoms with Crippen LogP contribution in [0.5, 0.6) is 0 Å². The number of amides is 1. The van der Waals surface area contributed by atoms with Gasteiger partial charge in [0.15, 0.2) is 0 Å². The summed E-state index contributed by atoms with van der Waals surface area (Å²) in [7, 11) is 0. The van der Waals surface area contributed by atoms with E-state index in [1.807, 2.05) is 13.8 Å². The molecule has 2 N–H and O–H groups in total. The molecule has 1 aliphatic rings. The highest BCUT2D eigenvalue weighted by atomic mass is 35.5. The molecule has 5 heteroatoms. The molecule has 0 aliphatic heterocycles. The molecule has 0 saturated heterocycles. The number of carboxylic acids is 1. The number of aliphatic carboxylic acids is 1. The topological polar surface area (TPSA) is 66.4 Å². The Morgan fingerprint density at radius 2 is 1.95 bits per heavy atom. The van der Waals surface area contributed by atoms with E-state index in [4.69, 9.17) is 11.6 Å². The smallest absolute Gasteiger partial charge is 0.307 e. The molecular formula is C15H18ClNO3. The van der Waals surface area contributed by atoms with Crippen molar-refractivity contribution in [3.8, 4) is 0 Å². The van der Waals surface area contributed by atoms with E-state index in [2.05, 4.69) is 5.32 Å². The van der Waals surface area contributed by atoms with E-state index in [0.717, 1.165) is 5.56 Å². The number of carboxylic acid groups (broad SMARTS) is 1. The van der Waals surface area contributed by atoms with Gasteiger partial charge in [-0.1, -0.05) is 24.6 Å². The van der Waals surface area contributed by atoms with Gasteiger partial charge in [0.1, 0.15) is 0 Å². The highest BCUT2D eigenvalue weighted by molar-refractivity contribution is 6.31. The molecule has 20 heavy (non-hydrogen) atoms. The number of carbonyl (C=O) groups excluding carboxylic acids is 1. The summed E-state index contributed by atoms with van der Waals surface area (Å²) in [5.41, 5.74) is 1.44. The number of anilines is 1. The molecular weight excluding hydrogens is 278 g/mol. The van der Waals surface area contributed by atoms with Gasteiger partial charge >= 0.3 is 5.97 Å². The molecule has 4 nitrogen and oxygen atoms in total. The maximum absolute atomic E-state index is 12.3. The summed E-state index contributed by atoms with van der Waals surface area (Å²) in [6, 6.07) is 5.29. The maximum Gasteiger partial charge on any atom is 0.307 e. The fraction of sp³-hybridized carbons (Fsp3) is 0.467. The van der Waals surface area contributed by atoms with Gasteiger partial charge in [-0.15, -0.1) is 0 Å². The van der Waals surface area contributed by atoms with E-state index in [1.54, 1.807) is 18.2 Å². The second-order valence-corrected chi connectivity index (χ2v) is 5.94. The Kier molecular flexibility index (Phi) is 4.33. The summed E-state index contributed by atoms with van der Waals surface area (Å²) in [6.07, 6.45) is 1.17. The Bertz CT molecular complexity index is 544. The van der Waals surface area contributed by atoms with Crippen LogP contribution in [0.15, 0.2) is 18.2 Å². The number of hydrogen-bond donors (Lipinski definition) is 2. The lowest BCUT2D eigenvalue weighted by molar-refractivity contribution is -0.145. The first-order chi connectivity index (χ1) is 9.40. The third kappa shape index (κ3) is 2.96. The van der Waals surface area contributed by atoms with Crippen molar-refractivity contribution in [2.24, 2.45) is 17.8 Å². The number of rotatable bonds is 3. The number of hydrogen-bond acceptors (Lipinski definition) is 2. The molecule has 1 fully saturated rings. The van der Waals surface area contributed by atoms with Gasteiger partial charge in [-0.2, -0.15) is 0 Å². The average Bonchev–Trinajstić information content (AvgIpc) is 2.77. The van der Waals surface area contributed by atoms with Crippen LogP contribution < -0.4 is 5.32 Å². The Hall–Kier alpha value is -1.55. The molecule has 2 rings (SSSR count). The predicted octanol–water partition coefficient (Wildman–Crippen LogP) is 3.33. The lowest BCUT2D eigenvalue weighted by Crippen LogP contribution is -2.30. The fourth-order valence-corrected chi connectivity index (χ4v) is 3.00. The highest BCUT2D eigenvalue weighted by Crippen LogP contribution is 2.37. The Morgan fingerprint density at radius 1 is 1.30 bits per heavy atom. The summed E-state index contributed by atoms with van der Waals surface area (Å²) in [6.45, 7) is 3.80. The van der Waals surface area contributed by atoms with E-state index in [1.165, 1.54) is 0 Å². The Labute approximate surface area is 123 Å². The monoisotopic (exact) mass is 295 g/mol. The minimum atomic E-state index is -0.891. The molecule has 1 unspecified atom stereocenters. The molecule has 0 heterocycles. The first-order valence-electron chi connectivity index (χ1n) is 6.69. The van der Waals surface area contributed by atoms with Crippen molar-refractivity contribution in [3.05, 3.63) is 28.8 Å². The van der Waals surface area contributed by atoms with Crippen LogP contribution in [0.2, 0.25) is 5.02 Å². The van der Waals surface area contributed by atoms with Gasteiger partial charge in [-0.05, 0) is 43.4 Å². The maximum atomic E-state index is 12.3. The third-order valence-corrected chi connectivity index (χ3v) is 4.39. The zero-order chi connectivity index (χ0) is 14.9. The third-order valence-electron chi connectivity index (χ3n) is 3.98. The minimum Gasteiger partial charge on any atom is -0.481 e. The second-order valence-electron chi connectivity index (χ2n) is 5.53. The van der Waals surface area contributed by atoms with E-state index < -0.39 is 17.8 Å². The number of carbonyl (C=O) groups is 2. The van der Waals surface area contributed by atoms with Gasteiger partial charge in [0.25, 0.3) is 0 Å². The normalized spacial score (nSPS) is 25.4. The summed E-state index contributed by atoms with van der Waals surface area (Å²) in [4.78, 5) is 23.6. The first-order valence-corrected chi connectivity index (χ1v) is 7.06. The van der Waals surface area contributed by atoms with Gasteiger partial charge in [0, 0.05) is 10.7 Å². The van der Waals surface area contributed by atoms with Gasteiger partial charge in [0.05, 0.1) is 11.8 Å². The SMILES string of the molecule is Cc1c(Cl)cccc1NC(=O)[C@H]1CC(C)C[C@H]1C(=O)O. The summed E-state index contributed by atoms with van der Waals surface area (Å²) >= 11 is 6.01. The van der Waals surface area contributed by atoms with Crippen molar-refractivity contribution in [2.45, 2.75) is 26.7 Å². The zero-order valence-electron chi connectivity index (χ0n) is 11.5. The van der Waals surface area contributed by atoms with Crippen LogP contribution in [0, 0.1) is 24.7 Å². The van der Waals surface area contributed by atoms with Gasteiger partial charge in [-0.25, -0.2) is 0 Å². The van der Waals surface area contributed by atoms with Crippen LogP contribution >= 0.6 is 11.6 Å². The number of nitrogens with one attached hydrogen (secondary N) is 1. The van der Waals surface area contributed by atoms with Crippen molar-refractivity contribution in [3.63, 3.8) is 0 Å². The molecule has 0 bridgehead atoms. The fourth-order valence-electron chi connectivity index (χ4n) is 2.82. The van der Waals surface area contributed by atoms with Gasteiger partial charge < -0.3 is 10.4 Å². The van der Waals surface area contributed by atoms with Crippen LogP contribution in [-0.2, 0) is 9.59 Å². The molecule has 0 radical (unpaired) electrons. The highest BCUT2D eigenvalue weighted by Gasteiger charge is 2.41. The van der Waals surface area contributed by atoms with Crippen LogP contribution in [0.1, 0.15) is 25.3 Å². The van der Waals surface area contributed by atoms with Crippen LogP contribution in [0.4, 0.5) is 5.69 Å². The van der Waals surface area contributed by atoms with Crippen molar-refractivity contribution in [1.29, 1.82) is 0 Å². The van der Waals surface area contributed by atoms with Gasteiger partial charge in [0.2, 0.25) is 5.91 Å². The molecule has 108 valence electrons. The summed E-state index contributed by atoms with van der Waals surface area (Å²) in [5.74, 6) is -1.93. The van der Waals surface area contributed by atoms with E-state index in [9.17, 15) is 14.7 Å². The van der Waals surface area contributed by atoms with Crippen molar-refractivity contribution in [2.75, 3.05) is 5.32 Å². The first kappa shape index (κ1) is 14.9. The molecule has 0 spiro atoms. The Morgan fingerprint density at radius 3 is 2.60 bits per heavy atom. The number of halogens is 1. The van der Waals surface area contributed by atoms with E-state index in [0.29, 0.717) is 23.6 Å². The lowest BCUT2D eigenvalue weighted by Gasteiger charge is -2.17. The molecule has 1 saturated carbocycles. The Balaban J connectivity index is 2.15. The van der Waals surface area contributed by atoms with Crippen molar-refractivity contribution >= 4 is 29.2 Å². The van der Waals surface area contributed by atoms with Crippen molar-refractivity contribution < 1.29 is 14.7 Å². The van der Waals surface area contributed by atoms with E-state index in [-0.39, 0.29) is 11.8 Å². The molecule has 1 aliphatic carbocycles. The van der Waals surface area contributed by atoms with Crippen LogP contribution in [-0.4, -0.2) is 17.0 Å². The molecule has 1 aromatic carbocycles. The molecule has 0 aromatic heterocycles. The quantitative estimate of drug-likeness (QED) is 0.899. The number of benzene rings is 1. The standard InChI is InChI=1S/C15H18ClNO3/c1-8-6-10(11(7-8)15(19)20)14(18)17-13-5-3-4-12(16)9(13)2/h3-5,8,10-11H,6-7H2,1-2H3,(H,17,18)(H,19,20)/t8?,10-,11+/m0/s1. The van der Waals surface area contributed by atoms with E-state index >= 15 is 0 Å². The zero-order valence-corrected chi connectivity index (χ0v) is 12.3.